The summed E-state index contributed by atoms with van der Waals surface area (Å²) in [5.74, 6) is -0.0174. The van der Waals surface area contributed by atoms with Gasteiger partial charge in [-0.3, -0.25) is 4.79 Å². The maximum absolute atomic E-state index is 13.7. The smallest absolute Gasteiger partial charge is 0.253 e. The molecule has 0 aromatic heterocycles. The minimum Gasteiger partial charge on any atom is -0.358 e. The number of hydrogen-bond acceptors (Lipinski definition) is 4. The van der Waals surface area contributed by atoms with Crippen LogP contribution < -0.4 is 0 Å². The highest BCUT2D eigenvalue weighted by Crippen LogP contribution is 2.40. The molecule has 166 valence electrons. The van der Waals surface area contributed by atoms with E-state index in [-0.39, 0.29) is 5.91 Å². The summed E-state index contributed by atoms with van der Waals surface area (Å²) in [7, 11) is -3.72. The Bertz CT molecular complexity index is 1100. The Kier molecular flexibility index (Phi) is 5.70. The van der Waals surface area contributed by atoms with Gasteiger partial charge >= 0.3 is 0 Å². The zero-order chi connectivity index (χ0) is 22.4. The molecular weight excluding hydrogens is 412 g/mol. The molecule has 0 unspecified atom stereocenters. The lowest BCUT2D eigenvalue weighted by Gasteiger charge is -2.43. The molecule has 0 N–H and O–H groups in total. The molecule has 0 bridgehead atoms. The standard InChI is InChI=1S/C24H30N2O4S/c1-17-6-5-7-21(16-17)23(27)25-10-8-24(9-11-25)26(12-13-30-24)31(28,29)22-19(3)14-18(2)15-20(22)4/h5-7,14-16H,8-13H2,1-4H3. The molecule has 1 amide bonds. The van der Waals surface area contributed by atoms with E-state index in [0.29, 0.717) is 49.5 Å². The number of nitrogens with zero attached hydrogens (tertiary/aromatic N) is 2. The number of carbonyl (C=O) groups is 1. The molecule has 2 aromatic rings. The Morgan fingerprint density at radius 3 is 2.19 bits per heavy atom. The third-order valence-corrected chi connectivity index (χ3v) is 8.62. The number of carbonyl (C=O) groups excluding carboxylic acids is 1. The lowest BCUT2D eigenvalue weighted by molar-refractivity contribution is -0.0857. The lowest BCUT2D eigenvalue weighted by Crippen LogP contribution is -2.55. The quantitative estimate of drug-likeness (QED) is 0.729. The van der Waals surface area contributed by atoms with Crippen LogP contribution in [0.2, 0.25) is 0 Å². The van der Waals surface area contributed by atoms with E-state index in [1.165, 1.54) is 0 Å². The van der Waals surface area contributed by atoms with Crippen molar-refractivity contribution in [3.05, 3.63) is 64.2 Å². The molecule has 2 fully saturated rings. The number of aryl methyl sites for hydroxylation is 4. The highest BCUT2D eigenvalue weighted by Gasteiger charge is 2.51. The Labute approximate surface area is 184 Å². The number of hydrogen-bond donors (Lipinski definition) is 0. The molecule has 0 aliphatic carbocycles. The molecule has 31 heavy (non-hydrogen) atoms. The Morgan fingerprint density at radius 2 is 1.58 bits per heavy atom. The van der Waals surface area contributed by atoms with E-state index in [9.17, 15) is 13.2 Å². The van der Waals surface area contributed by atoms with E-state index < -0.39 is 15.7 Å². The van der Waals surface area contributed by atoms with Crippen LogP contribution >= 0.6 is 0 Å². The highest BCUT2D eigenvalue weighted by molar-refractivity contribution is 7.89. The molecular formula is C24H30N2O4S. The summed E-state index contributed by atoms with van der Waals surface area (Å²) in [5, 5.41) is 0. The topological polar surface area (TPSA) is 66.9 Å². The van der Waals surface area contributed by atoms with Crippen molar-refractivity contribution in [2.75, 3.05) is 26.2 Å². The largest absolute Gasteiger partial charge is 0.358 e. The van der Waals surface area contributed by atoms with Gasteiger partial charge in [-0.25, -0.2) is 8.42 Å². The highest BCUT2D eigenvalue weighted by atomic mass is 32.2. The molecule has 6 nitrogen and oxygen atoms in total. The molecule has 2 heterocycles. The molecule has 2 saturated heterocycles. The van der Waals surface area contributed by atoms with E-state index in [0.717, 1.165) is 22.3 Å². The monoisotopic (exact) mass is 442 g/mol. The van der Waals surface area contributed by atoms with Gasteiger partial charge in [0.15, 0.2) is 0 Å². The van der Waals surface area contributed by atoms with E-state index in [2.05, 4.69) is 0 Å². The van der Waals surface area contributed by atoms with Gasteiger partial charge in [-0.05, 0) is 51.0 Å². The fourth-order valence-electron chi connectivity index (χ4n) is 5.03. The van der Waals surface area contributed by atoms with Crippen LogP contribution in [-0.4, -0.2) is 55.5 Å². The summed E-state index contributed by atoms with van der Waals surface area (Å²) >= 11 is 0. The number of piperidine rings is 1. The number of amides is 1. The van der Waals surface area contributed by atoms with Gasteiger partial charge in [0, 0.05) is 38.0 Å². The van der Waals surface area contributed by atoms with Crippen LogP contribution in [0.15, 0.2) is 41.3 Å². The zero-order valence-corrected chi connectivity index (χ0v) is 19.5. The van der Waals surface area contributed by atoms with Gasteiger partial charge in [-0.15, -0.1) is 0 Å². The first-order chi connectivity index (χ1) is 14.6. The molecule has 2 aromatic carbocycles. The van der Waals surface area contributed by atoms with E-state index in [1.54, 1.807) is 9.21 Å². The second kappa shape index (κ2) is 8.04. The summed E-state index contributed by atoms with van der Waals surface area (Å²) in [5.41, 5.74) is 3.38. The first kappa shape index (κ1) is 22.0. The van der Waals surface area contributed by atoms with Gasteiger partial charge in [0.1, 0.15) is 5.72 Å². The summed E-state index contributed by atoms with van der Waals surface area (Å²) in [6, 6.07) is 11.4. The van der Waals surface area contributed by atoms with Gasteiger partial charge in [0.05, 0.1) is 11.5 Å². The van der Waals surface area contributed by atoms with Gasteiger partial charge in [0.2, 0.25) is 10.0 Å². The maximum Gasteiger partial charge on any atom is 0.253 e. The minimum absolute atomic E-state index is 0.0174. The molecule has 7 heteroatoms. The summed E-state index contributed by atoms with van der Waals surface area (Å²) in [4.78, 5) is 15.1. The van der Waals surface area contributed by atoms with Crippen LogP contribution in [0.5, 0.6) is 0 Å². The van der Waals surface area contributed by atoms with Crippen molar-refractivity contribution in [1.82, 2.24) is 9.21 Å². The van der Waals surface area contributed by atoms with Crippen molar-refractivity contribution in [2.45, 2.75) is 51.2 Å². The van der Waals surface area contributed by atoms with E-state index in [1.807, 2.05) is 64.1 Å². The Balaban J connectivity index is 1.57. The maximum atomic E-state index is 13.7. The molecule has 0 atom stereocenters. The van der Waals surface area contributed by atoms with E-state index >= 15 is 0 Å². The van der Waals surface area contributed by atoms with Gasteiger partial charge in [-0.2, -0.15) is 4.31 Å². The third kappa shape index (κ3) is 3.90. The lowest BCUT2D eigenvalue weighted by atomic mass is 9.99. The predicted octanol–water partition coefficient (Wildman–Crippen LogP) is 3.57. The summed E-state index contributed by atoms with van der Waals surface area (Å²) in [6.45, 7) is 9.26. The molecule has 2 aliphatic heterocycles. The molecule has 0 saturated carbocycles. The summed E-state index contributed by atoms with van der Waals surface area (Å²) < 4.78 is 35.0. The second-order valence-corrected chi connectivity index (χ2v) is 10.6. The number of likely N-dealkylation sites (tertiary alicyclic amines) is 1. The number of sulfonamides is 1. The fraction of sp³-hybridized carbons (Fsp3) is 0.458. The van der Waals surface area contributed by atoms with Crippen molar-refractivity contribution in [2.24, 2.45) is 0 Å². The van der Waals surface area contributed by atoms with Crippen LogP contribution in [0.4, 0.5) is 0 Å². The molecule has 2 aliphatic rings. The van der Waals surface area contributed by atoms with Crippen molar-refractivity contribution >= 4 is 15.9 Å². The van der Waals surface area contributed by atoms with E-state index in [4.69, 9.17) is 4.74 Å². The number of benzene rings is 2. The van der Waals surface area contributed by atoms with Gasteiger partial charge < -0.3 is 9.64 Å². The van der Waals surface area contributed by atoms with Crippen molar-refractivity contribution in [1.29, 1.82) is 0 Å². The normalized spacial score (nSPS) is 19.2. The second-order valence-electron chi connectivity index (χ2n) is 8.76. The van der Waals surface area contributed by atoms with Crippen molar-refractivity contribution in [3.8, 4) is 0 Å². The van der Waals surface area contributed by atoms with Crippen LogP contribution in [0, 0.1) is 27.7 Å². The van der Waals surface area contributed by atoms with Crippen LogP contribution in [-0.2, 0) is 14.8 Å². The Morgan fingerprint density at radius 1 is 0.935 bits per heavy atom. The first-order valence-electron chi connectivity index (χ1n) is 10.7. The summed E-state index contributed by atoms with van der Waals surface area (Å²) in [6.07, 6.45) is 0.932. The van der Waals surface area contributed by atoms with Crippen LogP contribution in [0.25, 0.3) is 0 Å². The first-order valence-corrected chi connectivity index (χ1v) is 12.2. The Hall–Kier alpha value is -2.22. The van der Waals surface area contributed by atoms with Crippen molar-refractivity contribution < 1.29 is 17.9 Å². The third-order valence-electron chi connectivity index (χ3n) is 6.37. The predicted molar refractivity (Wildman–Crippen MR) is 120 cm³/mol. The van der Waals surface area contributed by atoms with Crippen molar-refractivity contribution in [3.63, 3.8) is 0 Å². The van der Waals surface area contributed by atoms with Crippen LogP contribution in [0.1, 0.15) is 45.5 Å². The SMILES string of the molecule is Cc1cccc(C(=O)N2CCC3(CC2)OCCN3S(=O)(=O)c2c(C)cc(C)cc2C)c1. The van der Waals surface area contributed by atoms with Gasteiger partial charge in [-0.1, -0.05) is 35.4 Å². The molecule has 4 rings (SSSR count). The fourth-order valence-corrected chi connectivity index (χ4v) is 7.17. The minimum atomic E-state index is -3.72. The average molecular weight is 443 g/mol. The number of rotatable bonds is 3. The van der Waals surface area contributed by atoms with Crippen LogP contribution in [0.3, 0.4) is 0 Å². The van der Waals surface area contributed by atoms with Gasteiger partial charge in [0.25, 0.3) is 5.91 Å². The zero-order valence-electron chi connectivity index (χ0n) is 18.6. The average Bonchev–Trinajstić information content (AvgIpc) is 3.11. The molecule has 0 radical (unpaired) electrons. The molecule has 1 spiro atoms. The number of ether oxygens (including phenoxy) is 1.